The van der Waals surface area contributed by atoms with Crippen LogP contribution in [0.15, 0.2) is 0 Å². The van der Waals surface area contributed by atoms with Crippen molar-refractivity contribution < 1.29 is 22.0 Å². The Morgan fingerprint density at radius 2 is 1.17 bits per heavy atom. The third kappa shape index (κ3) is 9.83. The van der Waals surface area contributed by atoms with E-state index in [2.05, 4.69) is 6.92 Å². The lowest BCUT2D eigenvalue weighted by Crippen LogP contribution is -2.39. The van der Waals surface area contributed by atoms with E-state index < -0.39 is 36.8 Å². The van der Waals surface area contributed by atoms with E-state index in [4.69, 9.17) is 0 Å². The van der Waals surface area contributed by atoms with Crippen LogP contribution in [0.5, 0.6) is 0 Å². The van der Waals surface area contributed by atoms with Gasteiger partial charge in [-0.05, 0) is 24.7 Å². The minimum absolute atomic E-state index is 0.460. The highest BCUT2D eigenvalue weighted by Gasteiger charge is 2.49. The van der Waals surface area contributed by atoms with Crippen molar-refractivity contribution in [2.24, 2.45) is 11.3 Å². The van der Waals surface area contributed by atoms with Gasteiger partial charge in [0, 0.05) is 6.42 Å². The fourth-order valence-corrected chi connectivity index (χ4v) is 3.58. The number of rotatable bonds is 14. The first-order valence-electron chi connectivity index (χ1n) is 9.52. The predicted molar refractivity (Wildman–Crippen MR) is 90.4 cm³/mol. The summed E-state index contributed by atoms with van der Waals surface area (Å²) < 4.78 is 65.7. The first kappa shape index (κ1) is 23.6. The molecule has 2 unspecified atom stereocenters. The van der Waals surface area contributed by atoms with Crippen molar-refractivity contribution in [1.82, 2.24) is 0 Å². The Kier molecular flexibility index (Phi) is 11.9. The molecule has 0 aliphatic carbocycles. The van der Waals surface area contributed by atoms with Crippen LogP contribution >= 0.6 is 0 Å². The van der Waals surface area contributed by atoms with Crippen molar-refractivity contribution in [3.05, 3.63) is 0 Å². The highest BCUT2D eigenvalue weighted by Crippen LogP contribution is 2.49. The van der Waals surface area contributed by atoms with Crippen LogP contribution < -0.4 is 0 Å². The molecule has 24 heavy (non-hydrogen) atoms. The second-order valence-electron chi connectivity index (χ2n) is 7.34. The van der Waals surface area contributed by atoms with Gasteiger partial charge < -0.3 is 0 Å². The Hall–Kier alpha value is -0.350. The second kappa shape index (κ2) is 12.1. The van der Waals surface area contributed by atoms with E-state index in [1.54, 1.807) is 6.92 Å². The molecule has 146 valence electrons. The van der Waals surface area contributed by atoms with E-state index in [1.165, 1.54) is 0 Å². The molecule has 0 aromatic rings. The van der Waals surface area contributed by atoms with Gasteiger partial charge in [0.1, 0.15) is 0 Å². The smallest absolute Gasteiger partial charge is 0.211 e. The number of halogens is 5. The number of hydrogen-bond donors (Lipinski definition) is 0. The van der Waals surface area contributed by atoms with Crippen molar-refractivity contribution in [3.8, 4) is 0 Å². The summed E-state index contributed by atoms with van der Waals surface area (Å²) in [5.41, 5.74) is -0.922. The van der Waals surface area contributed by atoms with Crippen LogP contribution in [0.4, 0.5) is 22.0 Å². The molecule has 0 saturated heterocycles. The number of alkyl halides is 5. The number of hydrogen-bond acceptors (Lipinski definition) is 0. The summed E-state index contributed by atoms with van der Waals surface area (Å²) in [5.74, 6) is -1.62. The van der Waals surface area contributed by atoms with Crippen molar-refractivity contribution >= 4 is 0 Å². The molecule has 0 fully saturated rings. The Morgan fingerprint density at radius 1 is 0.708 bits per heavy atom. The Balaban J connectivity index is 4.97. The molecule has 2 atom stereocenters. The minimum Gasteiger partial charge on any atom is -0.211 e. The lowest BCUT2D eigenvalue weighted by molar-refractivity contribution is -0.212. The van der Waals surface area contributed by atoms with Crippen molar-refractivity contribution in [3.63, 3.8) is 0 Å². The zero-order chi connectivity index (χ0) is 18.6. The Labute approximate surface area is 144 Å². The third-order valence-corrected chi connectivity index (χ3v) is 5.11. The van der Waals surface area contributed by atoms with Gasteiger partial charge in [-0.2, -0.15) is 13.2 Å². The molecule has 0 aliphatic heterocycles. The monoisotopic (exact) mass is 358 g/mol. The van der Waals surface area contributed by atoms with Gasteiger partial charge in [0.15, 0.2) is 0 Å². The number of unbranched alkanes of at least 4 members (excludes halogenated alkanes) is 6. The molecule has 0 amide bonds. The van der Waals surface area contributed by atoms with Gasteiger partial charge in [0.2, 0.25) is 6.43 Å². The average Bonchev–Trinajstić information content (AvgIpc) is 2.45. The molecule has 0 aliphatic rings. The summed E-state index contributed by atoms with van der Waals surface area (Å²) in [7, 11) is 0. The van der Waals surface area contributed by atoms with Crippen molar-refractivity contribution in [2.75, 3.05) is 0 Å². The van der Waals surface area contributed by atoms with E-state index in [9.17, 15) is 22.0 Å². The lowest BCUT2D eigenvalue weighted by atomic mass is 9.68. The van der Waals surface area contributed by atoms with Gasteiger partial charge in [-0.15, -0.1) is 0 Å². The zero-order valence-electron chi connectivity index (χ0n) is 15.5. The maximum atomic E-state index is 13.6. The molecule has 0 nitrogen and oxygen atoms in total. The van der Waals surface area contributed by atoms with E-state index in [0.717, 1.165) is 51.4 Å². The summed E-state index contributed by atoms with van der Waals surface area (Å²) in [4.78, 5) is 0. The van der Waals surface area contributed by atoms with Crippen LogP contribution in [-0.4, -0.2) is 12.6 Å². The summed E-state index contributed by atoms with van der Waals surface area (Å²) in [6.07, 6.45) is 0.245. The first-order valence-corrected chi connectivity index (χ1v) is 9.52. The Bertz CT molecular complexity index is 301. The standard InChI is InChI=1S/C19H35F5/c1-4-6-8-9-11-15-18(3,14-10-7-5-2)16(19(22,23)24)12-13-17(20)21/h16-17H,4-15H2,1-3H3. The summed E-state index contributed by atoms with van der Waals surface area (Å²) in [5, 5.41) is 0. The highest BCUT2D eigenvalue weighted by atomic mass is 19.4. The third-order valence-electron chi connectivity index (χ3n) is 5.11. The molecule has 0 spiro atoms. The first-order chi connectivity index (χ1) is 11.2. The molecule has 0 N–H and O–H groups in total. The van der Waals surface area contributed by atoms with Crippen LogP contribution in [0.2, 0.25) is 0 Å². The van der Waals surface area contributed by atoms with E-state index in [0.29, 0.717) is 12.8 Å². The van der Waals surface area contributed by atoms with E-state index >= 15 is 0 Å². The molecular weight excluding hydrogens is 323 g/mol. The Morgan fingerprint density at radius 3 is 1.62 bits per heavy atom. The molecule has 0 aromatic heterocycles. The average molecular weight is 358 g/mol. The van der Waals surface area contributed by atoms with Gasteiger partial charge in [-0.3, -0.25) is 0 Å². The van der Waals surface area contributed by atoms with Crippen LogP contribution in [0, 0.1) is 11.3 Å². The van der Waals surface area contributed by atoms with E-state index in [-0.39, 0.29) is 0 Å². The predicted octanol–water partition coefficient (Wildman–Crippen LogP) is 8.16. The highest BCUT2D eigenvalue weighted by molar-refractivity contribution is 4.87. The molecule has 0 saturated carbocycles. The normalized spacial score (nSPS) is 16.4. The maximum absolute atomic E-state index is 13.6. The van der Waals surface area contributed by atoms with Gasteiger partial charge in [0.05, 0.1) is 5.92 Å². The molecular formula is C19H35F5. The van der Waals surface area contributed by atoms with Crippen LogP contribution in [0.25, 0.3) is 0 Å². The fourth-order valence-electron chi connectivity index (χ4n) is 3.58. The van der Waals surface area contributed by atoms with Crippen LogP contribution in [0.1, 0.15) is 97.8 Å². The fraction of sp³-hybridized carbons (Fsp3) is 1.00. The SMILES string of the molecule is CCCCCCCC(C)(CCCCC)C(CCC(F)F)C(F)(F)F. The van der Waals surface area contributed by atoms with Gasteiger partial charge in [-0.25, -0.2) is 8.78 Å². The largest absolute Gasteiger partial charge is 0.392 e. The summed E-state index contributed by atoms with van der Waals surface area (Å²) >= 11 is 0. The molecule has 5 heteroatoms. The quantitative estimate of drug-likeness (QED) is 0.217. The minimum atomic E-state index is -4.40. The summed E-state index contributed by atoms with van der Waals surface area (Å²) in [6, 6.07) is 0. The molecule has 0 radical (unpaired) electrons. The molecule has 0 heterocycles. The zero-order valence-corrected chi connectivity index (χ0v) is 15.5. The van der Waals surface area contributed by atoms with Gasteiger partial charge >= 0.3 is 6.18 Å². The molecule has 0 aromatic carbocycles. The van der Waals surface area contributed by atoms with Gasteiger partial charge in [0.25, 0.3) is 0 Å². The molecule has 0 bridgehead atoms. The summed E-state index contributed by atoms with van der Waals surface area (Å²) in [6.45, 7) is 5.78. The topological polar surface area (TPSA) is 0 Å². The van der Waals surface area contributed by atoms with Crippen molar-refractivity contribution in [2.45, 2.75) is 110 Å². The van der Waals surface area contributed by atoms with Crippen LogP contribution in [-0.2, 0) is 0 Å². The van der Waals surface area contributed by atoms with Crippen LogP contribution in [0.3, 0.4) is 0 Å². The second-order valence-corrected chi connectivity index (χ2v) is 7.34. The maximum Gasteiger partial charge on any atom is 0.392 e. The van der Waals surface area contributed by atoms with E-state index in [1.807, 2.05) is 6.92 Å². The van der Waals surface area contributed by atoms with Gasteiger partial charge in [-0.1, -0.05) is 72.1 Å². The van der Waals surface area contributed by atoms with Crippen molar-refractivity contribution in [1.29, 1.82) is 0 Å². The lowest BCUT2D eigenvalue weighted by Gasteiger charge is -2.39. The molecule has 0 rings (SSSR count).